The lowest BCUT2D eigenvalue weighted by atomic mass is 10.1. The standard InChI is InChI=1S/C12H16ClFN2.2ClH/c1-9(16-7-5-15-6-8-16)10-3-2-4-11(13)12(10)14;;/h2-4,9,15H,5-8H2,1H3;2*1H/t9-;;/m1../s1. The van der Waals surface area contributed by atoms with Crippen molar-refractivity contribution in [3.8, 4) is 0 Å². The van der Waals surface area contributed by atoms with Crippen LogP contribution in [-0.2, 0) is 0 Å². The van der Waals surface area contributed by atoms with Crippen LogP contribution in [0.3, 0.4) is 0 Å². The molecule has 6 heteroatoms. The van der Waals surface area contributed by atoms with Crippen molar-refractivity contribution in [3.05, 3.63) is 34.6 Å². The van der Waals surface area contributed by atoms with Gasteiger partial charge in [-0.3, -0.25) is 4.90 Å². The maximum Gasteiger partial charge on any atom is 0.146 e. The van der Waals surface area contributed by atoms with Crippen molar-refractivity contribution >= 4 is 36.4 Å². The van der Waals surface area contributed by atoms with E-state index in [9.17, 15) is 4.39 Å². The molecular formula is C12H18Cl3FN2. The fourth-order valence-electron chi connectivity index (χ4n) is 2.11. The van der Waals surface area contributed by atoms with E-state index < -0.39 is 0 Å². The van der Waals surface area contributed by atoms with E-state index >= 15 is 0 Å². The minimum absolute atomic E-state index is 0. The molecule has 18 heavy (non-hydrogen) atoms. The Morgan fingerprint density at radius 3 is 2.50 bits per heavy atom. The van der Waals surface area contributed by atoms with Gasteiger partial charge in [-0.15, -0.1) is 24.8 Å². The summed E-state index contributed by atoms with van der Waals surface area (Å²) in [5, 5.41) is 3.49. The van der Waals surface area contributed by atoms with E-state index in [0.29, 0.717) is 5.56 Å². The van der Waals surface area contributed by atoms with Gasteiger partial charge in [0.1, 0.15) is 5.82 Å². The quantitative estimate of drug-likeness (QED) is 0.901. The molecule has 1 aromatic carbocycles. The minimum Gasteiger partial charge on any atom is -0.314 e. The summed E-state index contributed by atoms with van der Waals surface area (Å²) in [5.74, 6) is -0.282. The van der Waals surface area contributed by atoms with Gasteiger partial charge in [0.15, 0.2) is 0 Å². The Bertz CT molecular complexity index is 370. The molecule has 2 nitrogen and oxygen atoms in total. The molecule has 1 aliphatic rings. The molecule has 0 spiro atoms. The van der Waals surface area contributed by atoms with Gasteiger partial charge in [-0.25, -0.2) is 4.39 Å². The maximum absolute atomic E-state index is 13.8. The van der Waals surface area contributed by atoms with Crippen molar-refractivity contribution < 1.29 is 4.39 Å². The smallest absolute Gasteiger partial charge is 0.146 e. The van der Waals surface area contributed by atoms with Crippen LogP contribution < -0.4 is 5.32 Å². The summed E-state index contributed by atoms with van der Waals surface area (Å²) < 4.78 is 13.8. The second-order valence-electron chi connectivity index (χ2n) is 4.10. The average molecular weight is 316 g/mol. The fourth-order valence-corrected chi connectivity index (χ4v) is 2.29. The van der Waals surface area contributed by atoms with E-state index in [1.807, 2.05) is 13.0 Å². The Kier molecular flexibility index (Phi) is 8.15. The first kappa shape index (κ1) is 17.9. The predicted molar refractivity (Wildman–Crippen MR) is 78.8 cm³/mol. The molecule has 1 atom stereocenters. The molecule has 1 heterocycles. The van der Waals surface area contributed by atoms with Gasteiger partial charge in [-0.05, 0) is 13.0 Å². The first-order chi connectivity index (χ1) is 7.70. The van der Waals surface area contributed by atoms with Crippen LogP contribution in [0.5, 0.6) is 0 Å². The van der Waals surface area contributed by atoms with Crippen LogP contribution in [-0.4, -0.2) is 31.1 Å². The maximum atomic E-state index is 13.8. The Labute approximate surface area is 125 Å². The van der Waals surface area contributed by atoms with Crippen LogP contribution >= 0.6 is 36.4 Å². The summed E-state index contributed by atoms with van der Waals surface area (Å²) in [6.07, 6.45) is 0. The van der Waals surface area contributed by atoms with Crippen LogP contribution in [0, 0.1) is 5.82 Å². The van der Waals surface area contributed by atoms with E-state index in [4.69, 9.17) is 11.6 Å². The first-order valence-corrected chi connectivity index (χ1v) is 5.96. The van der Waals surface area contributed by atoms with E-state index in [0.717, 1.165) is 26.2 Å². The number of hydrogen-bond acceptors (Lipinski definition) is 2. The van der Waals surface area contributed by atoms with Crippen molar-refractivity contribution in [1.29, 1.82) is 0 Å². The number of halogens is 4. The summed E-state index contributed by atoms with van der Waals surface area (Å²) >= 11 is 5.79. The van der Waals surface area contributed by atoms with Crippen molar-refractivity contribution in [2.45, 2.75) is 13.0 Å². The third-order valence-corrected chi connectivity index (χ3v) is 3.42. The van der Waals surface area contributed by atoms with Crippen molar-refractivity contribution in [2.24, 2.45) is 0 Å². The molecule has 2 rings (SSSR count). The van der Waals surface area contributed by atoms with Gasteiger partial charge in [0.2, 0.25) is 0 Å². The highest BCUT2D eigenvalue weighted by molar-refractivity contribution is 6.30. The van der Waals surface area contributed by atoms with Gasteiger partial charge in [-0.2, -0.15) is 0 Å². The topological polar surface area (TPSA) is 15.3 Å². The number of benzene rings is 1. The molecule has 0 amide bonds. The lowest BCUT2D eigenvalue weighted by Gasteiger charge is -2.33. The van der Waals surface area contributed by atoms with Gasteiger partial charge >= 0.3 is 0 Å². The number of piperazine rings is 1. The molecule has 1 fully saturated rings. The molecular weight excluding hydrogens is 298 g/mol. The van der Waals surface area contributed by atoms with Gasteiger partial charge in [-0.1, -0.05) is 23.7 Å². The zero-order chi connectivity index (χ0) is 11.5. The lowest BCUT2D eigenvalue weighted by Crippen LogP contribution is -2.44. The normalized spacial score (nSPS) is 17.5. The third-order valence-electron chi connectivity index (χ3n) is 3.13. The van der Waals surface area contributed by atoms with Crippen LogP contribution in [0.25, 0.3) is 0 Å². The van der Waals surface area contributed by atoms with Crippen molar-refractivity contribution in [1.82, 2.24) is 10.2 Å². The zero-order valence-corrected chi connectivity index (χ0v) is 12.5. The molecule has 1 aliphatic heterocycles. The second-order valence-corrected chi connectivity index (χ2v) is 4.51. The SMILES string of the molecule is C[C@H](c1cccc(Cl)c1F)N1CCNCC1.Cl.Cl. The molecule has 104 valence electrons. The molecule has 0 unspecified atom stereocenters. The highest BCUT2D eigenvalue weighted by atomic mass is 35.5. The van der Waals surface area contributed by atoms with E-state index in [1.54, 1.807) is 12.1 Å². The predicted octanol–water partition coefficient (Wildman–Crippen LogP) is 3.29. The highest BCUT2D eigenvalue weighted by Crippen LogP contribution is 2.27. The zero-order valence-electron chi connectivity index (χ0n) is 10.2. The summed E-state index contributed by atoms with van der Waals surface area (Å²) in [5.41, 5.74) is 0.689. The molecule has 1 saturated heterocycles. The molecule has 0 radical (unpaired) electrons. The minimum atomic E-state index is -0.282. The highest BCUT2D eigenvalue weighted by Gasteiger charge is 2.21. The monoisotopic (exact) mass is 314 g/mol. The Morgan fingerprint density at radius 1 is 1.28 bits per heavy atom. The van der Waals surface area contributed by atoms with Gasteiger partial charge in [0.25, 0.3) is 0 Å². The molecule has 0 aromatic heterocycles. The summed E-state index contributed by atoms with van der Waals surface area (Å²) in [4.78, 5) is 2.27. The molecule has 1 aromatic rings. The summed E-state index contributed by atoms with van der Waals surface area (Å²) in [7, 11) is 0. The van der Waals surface area contributed by atoms with Gasteiger partial charge in [0, 0.05) is 37.8 Å². The van der Waals surface area contributed by atoms with E-state index in [1.165, 1.54) is 0 Å². The van der Waals surface area contributed by atoms with Gasteiger partial charge in [0.05, 0.1) is 5.02 Å². The number of nitrogens with one attached hydrogen (secondary N) is 1. The number of nitrogens with zero attached hydrogens (tertiary/aromatic N) is 1. The molecule has 1 N–H and O–H groups in total. The molecule has 0 saturated carbocycles. The molecule has 0 aliphatic carbocycles. The largest absolute Gasteiger partial charge is 0.314 e. The lowest BCUT2D eigenvalue weighted by molar-refractivity contribution is 0.182. The van der Waals surface area contributed by atoms with Crippen LogP contribution in [0.15, 0.2) is 18.2 Å². The first-order valence-electron chi connectivity index (χ1n) is 5.59. The Morgan fingerprint density at radius 2 is 1.89 bits per heavy atom. The van der Waals surface area contributed by atoms with E-state index in [-0.39, 0.29) is 41.7 Å². The van der Waals surface area contributed by atoms with E-state index in [2.05, 4.69) is 10.2 Å². The van der Waals surface area contributed by atoms with Crippen LogP contribution in [0.4, 0.5) is 4.39 Å². The average Bonchev–Trinajstić information content (AvgIpc) is 2.33. The van der Waals surface area contributed by atoms with Crippen molar-refractivity contribution in [2.75, 3.05) is 26.2 Å². The summed E-state index contributed by atoms with van der Waals surface area (Å²) in [6, 6.07) is 5.29. The Balaban J connectivity index is 0.00000144. The van der Waals surface area contributed by atoms with Crippen molar-refractivity contribution in [3.63, 3.8) is 0 Å². The third kappa shape index (κ3) is 3.97. The number of hydrogen-bond donors (Lipinski definition) is 1. The summed E-state index contributed by atoms with van der Waals surface area (Å²) in [6.45, 7) is 5.86. The van der Waals surface area contributed by atoms with Gasteiger partial charge < -0.3 is 5.32 Å². The van der Waals surface area contributed by atoms with Crippen LogP contribution in [0.2, 0.25) is 5.02 Å². The molecule has 0 bridgehead atoms. The van der Waals surface area contributed by atoms with Crippen LogP contribution in [0.1, 0.15) is 18.5 Å². The Hall–Kier alpha value is -0.0600. The second kappa shape index (κ2) is 8.18. The number of rotatable bonds is 2. The fraction of sp³-hybridized carbons (Fsp3) is 0.500.